The second-order valence-corrected chi connectivity index (χ2v) is 12.5. The fraction of sp³-hybridized carbons (Fsp3) is 0.600. The number of aromatic nitrogens is 1. The van der Waals surface area contributed by atoms with Crippen LogP contribution in [0.5, 0.6) is 5.88 Å². The molecule has 7 heteroatoms. The van der Waals surface area contributed by atoms with E-state index in [0.29, 0.717) is 12.3 Å². The Hall–Kier alpha value is -0.923. The Morgan fingerprint density at radius 2 is 2.05 bits per heavy atom. The van der Waals surface area contributed by atoms with Gasteiger partial charge in [-0.25, -0.2) is 4.98 Å². The van der Waals surface area contributed by atoms with Crippen LogP contribution in [0, 0.1) is 0 Å². The van der Waals surface area contributed by atoms with E-state index in [0.717, 1.165) is 23.5 Å². The van der Waals surface area contributed by atoms with Crippen molar-refractivity contribution in [1.82, 2.24) is 4.98 Å². The Labute approximate surface area is 142 Å². The largest absolute Gasteiger partial charge is 0.451 e. The number of carbonyl (C=O) groups is 1. The number of hydrogen-bond acceptors (Lipinski definition) is 4. The Bertz CT molecular complexity index is 422. The first kappa shape index (κ1) is 21.1. The second-order valence-electron chi connectivity index (χ2n) is 6.01. The first-order chi connectivity index (χ1) is 10.2. The molecule has 1 aromatic heterocycles. The molecule has 5 nitrogen and oxygen atoms in total. The maximum Gasteiger partial charge on any atom is 0.217 e. The number of nitrogens with zero attached hydrogens (tertiary/aromatic N) is 1. The van der Waals surface area contributed by atoms with Crippen molar-refractivity contribution in [3.63, 3.8) is 0 Å². The zero-order chi connectivity index (χ0) is 17.0. The van der Waals surface area contributed by atoms with Gasteiger partial charge in [0.15, 0.2) is 6.79 Å². The highest BCUT2D eigenvalue weighted by Gasteiger charge is 2.11. The van der Waals surface area contributed by atoms with E-state index in [1.165, 1.54) is 0 Å². The number of hydrogen-bond donors (Lipinski definition) is 1. The topological polar surface area (TPSA) is 74.4 Å². The first-order valence-electron chi connectivity index (χ1n) is 7.35. The lowest BCUT2D eigenvalue weighted by molar-refractivity contribution is -0.118. The predicted molar refractivity (Wildman–Crippen MR) is 95.6 cm³/mol. The van der Waals surface area contributed by atoms with Crippen LogP contribution in [0.1, 0.15) is 19.8 Å². The minimum atomic E-state index is -0.996. The summed E-state index contributed by atoms with van der Waals surface area (Å²) in [6, 6.07) is 4.86. The van der Waals surface area contributed by atoms with Gasteiger partial charge in [-0.15, -0.1) is 0 Å². The van der Waals surface area contributed by atoms with Crippen molar-refractivity contribution in [2.45, 2.75) is 45.5 Å². The summed E-state index contributed by atoms with van der Waals surface area (Å²) in [6.45, 7) is 9.95. The van der Waals surface area contributed by atoms with Gasteiger partial charge in [-0.05, 0) is 34.5 Å². The van der Waals surface area contributed by atoms with E-state index in [2.05, 4.69) is 40.6 Å². The number of amides is 1. The maximum absolute atomic E-state index is 9.82. The van der Waals surface area contributed by atoms with Gasteiger partial charge in [0.05, 0.1) is 0 Å². The Morgan fingerprint density at radius 1 is 1.36 bits per heavy atom. The Balaban J connectivity index is 0.000000626. The van der Waals surface area contributed by atoms with Crippen molar-refractivity contribution in [2.24, 2.45) is 5.73 Å². The molecule has 1 heterocycles. The molecule has 0 atom stereocenters. The summed E-state index contributed by atoms with van der Waals surface area (Å²) in [4.78, 5) is 13.9. The van der Waals surface area contributed by atoms with Crippen molar-refractivity contribution in [2.75, 3.05) is 13.4 Å². The molecule has 1 aromatic rings. The molecule has 0 fully saturated rings. The van der Waals surface area contributed by atoms with Crippen LogP contribution in [-0.4, -0.2) is 32.4 Å². The lowest BCUT2D eigenvalue weighted by Crippen LogP contribution is -2.22. The summed E-state index contributed by atoms with van der Waals surface area (Å²) < 4.78 is 11.7. The molecule has 1 rings (SSSR count). The number of halogens is 1. The fourth-order valence-corrected chi connectivity index (χ4v) is 2.22. The summed E-state index contributed by atoms with van der Waals surface area (Å²) in [6.07, 6.45) is 3.08. The average molecular weight is 391 g/mol. The van der Waals surface area contributed by atoms with Crippen molar-refractivity contribution in [3.05, 3.63) is 22.8 Å². The summed E-state index contributed by atoms with van der Waals surface area (Å²) >= 11 is 3.32. The lowest BCUT2D eigenvalue weighted by atomic mass is 10.3. The molecule has 0 aliphatic rings. The van der Waals surface area contributed by atoms with Gasteiger partial charge in [0, 0.05) is 37.8 Å². The molecule has 0 spiro atoms. The summed E-state index contributed by atoms with van der Waals surface area (Å²) in [7, 11) is -0.996. The van der Waals surface area contributed by atoms with Crippen LogP contribution in [0.25, 0.3) is 0 Å². The third-order valence-electron chi connectivity index (χ3n) is 2.48. The Kier molecular flexibility index (Phi) is 11.1. The molecule has 0 aromatic carbocycles. The molecular weight excluding hydrogens is 364 g/mol. The van der Waals surface area contributed by atoms with Gasteiger partial charge in [0.2, 0.25) is 11.8 Å². The highest BCUT2D eigenvalue weighted by molar-refractivity contribution is 9.10. The Morgan fingerprint density at radius 3 is 2.45 bits per heavy atom. The molecule has 0 saturated heterocycles. The number of primary amides is 1. The zero-order valence-corrected chi connectivity index (χ0v) is 16.5. The highest BCUT2D eigenvalue weighted by atomic mass is 79.9. The predicted octanol–water partition coefficient (Wildman–Crippen LogP) is 3.81. The smallest absolute Gasteiger partial charge is 0.217 e. The van der Waals surface area contributed by atoms with Crippen LogP contribution in [0.15, 0.2) is 22.8 Å². The van der Waals surface area contributed by atoms with Gasteiger partial charge in [-0.1, -0.05) is 26.6 Å². The van der Waals surface area contributed by atoms with Gasteiger partial charge in [-0.2, -0.15) is 0 Å². The number of rotatable bonds is 8. The third kappa shape index (κ3) is 14.0. The van der Waals surface area contributed by atoms with Crippen LogP contribution in [0.2, 0.25) is 25.7 Å². The molecule has 0 aliphatic carbocycles. The van der Waals surface area contributed by atoms with Gasteiger partial charge in [0.1, 0.15) is 0 Å². The summed E-state index contributed by atoms with van der Waals surface area (Å²) in [5.41, 5.74) is 4.76. The van der Waals surface area contributed by atoms with E-state index in [1.807, 2.05) is 19.1 Å². The van der Waals surface area contributed by atoms with E-state index < -0.39 is 8.07 Å². The SMILES string of the molecule is CCCC(N)=O.C[Si](C)(C)CCOCOc1ccc(Br)cn1. The molecule has 126 valence electrons. The van der Waals surface area contributed by atoms with E-state index in [4.69, 9.17) is 15.2 Å². The lowest BCUT2D eigenvalue weighted by Gasteiger charge is -2.15. The van der Waals surface area contributed by atoms with E-state index in [9.17, 15) is 4.79 Å². The quantitative estimate of drug-likeness (QED) is 0.416. The molecule has 0 aliphatic heterocycles. The van der Waals surface area contributed by atoms with Gasteiger partial charge < -0.3 is 15.2 Å². The summed E-state index contributed by atoms with van der Waals surface area (Å²) in [5, 5.41) is 0. The van der Waals surface area contributed by atoms with E-state index in [-0.39, 0.29) is 12.7 Å². The third-order valence-corrected chi connectivity index (χ3v) is 4.66. The normalized spacial score (nSPS) is 10.6. The van der Waals surface area contributed by atoms with Gasteiger partial charge >= 0.3 is 0 Å². The standard InChI is InChI=1S/C11H18BrNO2Si.C4H9NO/c1-16(2,3)7-6-14-9-15-11-5-4-10(12)8-13-11;1-2-3-4(5)6/h4-5,8H,6-7,9H2,1-3H3;2-3H2,1H3,(H2,5,6). The second kappa shape index (κ2) is 11.6. The molecule has 0 unspecified atom stereocenters. The molecule has 0 radical (unpaired) electrons. The molecule has 0 bridgehead atoms. The number of nitrogens with two attached hydrogens (primary N) is 1. The number of pyridine rings is 1. The van der Waals surface area contributed by atoms with Crippen LogP contribution in [-0.2, 0) is 9.53 Å². The van der Waals surface area contributed by atoms with Crippen LogP contribution in [0.3, 0.4) is 0 Å². The monoisotopic (exact) mass is 390 g/mol. The number of ether oxygens (including phenoxy) is 2. The summed E-state index contributed by atoms with van der Waals surface area (Å²) in [5.74, 6) is 0.383. The van der Waals surface area contributed by atoms with Crippen molar-refractivity contribution in [3.8, 4) is 5.88 Å². The van der Waals surface area contributed by atoms with E-state index in [1.54, 1.807) is 6.20 Å². The first-order valence-corrected chi connectivity index (χ1v) is 11.8. The van der Waals surface area contributed by atoms with Crippen LogP contribution >= 0.6 is 15.9 Å². The van der Waals surface area contributed by atoms with Gasteiger partial charge in [0.25, 0.3) is 0 Å². The molecular formula is C15H27BrN2O3Si. The minimum Gasteiger partial charge on any atom is -0.451 e. The minimum absolute atomic E-state index is 0.211. The molecule has 2 N–H and O–H groups in total. The highest BCUT2D eigenvalue weighted by Crippen LogP contribution is 2.12. The zero-order valence-electron chi connectivity index (χ0n) is 13.9. The van der Waals surface area contributed by atoms with Crippen molar-refractivity contribution < 1.29 is 14.3 Å². The average Bonchev–Trinajstić information content (AvgIpc) is 2.40. The van der Waals surface area contributed by atoms with Crippen LogP contribution < -0.4 is 10.5 Å². The molecule has 0 saturated carbocycles. The number of carbonyl (C=O) groups excluding carboxylic acids is 1. The van der Waals surface area contributed by atoms with Gasteiger partial charge in [-0.3, -0.25) is 4.79 Å². The fourth-order valence-electron chi connectivity index (χ4n) is 1.23. The van der Waals surface area contributed by atoms with Crippen molar-refractivity contribution >= 4 is 29.9 Å². The molecule has 1 amide bonds. The van der Waals surface area contributed by atoms with E-state index >= 15 is 0 Å². The van der Waals surface area contributed by atoms with Crippen LogP contribution in [0.4, 0.5) is 0 Å². The molecule has 22 heavy (non-hydrogen) atoms. The maximum atomic E-state index is 9.82. The van der Waals surface area contributed by atoms with Crippen molar-refractivity contribution in [1.29, 1.82) is 0 Å².